The van der Waals surface area contributed by atoms with Crippen molar-refractivity contribution in [2.75, 3.05) is 6.54 Å². The van der Waals surface area contributed by atoms with Crippen molar-refractivity contribution in [2.45, 2.75) is 38.6 Å². The third-order valence-electron chi connectivity index (χ3n) is 4.88. The van der Waals surface area contributed by atoms with E-state index in [4.69, 9.17) is 0 Å². The second kappa shape index (κ2) is 6.44. The number of hydrogen-bond donors (Lipinski definition) is 1. The van der Waals surface area contributed by atoms with Gasteiger partial charge in [-0.3, -0.25) is 0 Å². The Morgan fingerprint density at radius 1 is 0.952 bits per heavy atom. The largest absolute Gasteiger partial charge is 0.314 e. The molecule has 0 spiro atoms. The van der Waals surface area contributed by atoms with Crippen LogP contribution in [0, 0.1) is 5.92 Å². The molecule has 1 N–H and O–H groups in total. The molecule has 3 rings (SSSR count). The lowest BCUT2D eigenvalue weighted by atomic mass is 9.67. The van der Waals surface area contributed by atoms with Crippen LogP contribution < -0.4 is 5.32 Å². The highest BCUT2D eigenvalue weighted by Gasteiger charge is 2.37. The topological polar surface area (TPSA) is 12.0 Å². The van der Waals surface area contributed by atoms with Crippen LogP contribution in [-0.2, 0) is 0 Å². The van der Waals surface area contributed by atoms with E-state index in [-0.39, 0.29) is 0 Å². The Bertz CT molecular complexity index is 558. The van der Waals surface area contributed by atoms with Gasteiger partial charge in [-0.1, -0.05) is 68.4 Å². The van der Waals surface area contributed by atoms with Crippen LogP contribution in [0.25, 0.3) is 11.1 Å². The van der Waals surface area contributed by atoms with E-state index >= 15 is 0 Å². The van der Waals surface area contributed by atoms with E-state index in [1.165, 1.54) is 29.5 Å². The zero-order valence-corrected chi connectivity index (χ0v) is 13.0. The van der Waals surface area contributed by atoms with Crippen molar-refractivity contribution >= 4 is 0 Å². The number of nitrogens with one attached hydrogen (secondary N) is 1. The van der Waals surface area contributed by atoms with Gasteiger partial charge in [-0.15, -0.1) is 0 Å². The summed E-state index contributed by atoms with van der Waals surface area (Å²) in [7, 11) is 0. The van der Waals surface area contributed by atoms with Gasteiger partial charge in [0.25, 0.3) is 0 Å². The summed E-state index contributed by atoms with van der Waals surface area (Å²) in [5.74, 6) is 1.48. The first-order valence-corrected chi connectivity index (χ1v) is 8.18. The van der Waals surface area contributed by atoms with E-state index in [0.717, 1.165) is 18.4 Å². The van der Waals surface area contributed by atoms with Crippen LogP contribution in [0.2, 0.25) is 0 Å². The average molecular weight is 279 g/mol. The molecule has 1 fully saturated rings. The van der Waals surface area contributed by atoms with Crippen LogP contribution in [-0.4, -0.2) is 12.6 Å². The zero-order chi connectivity index (χ0) is 14.7. The lowest BCUT2D eigenvalue weighted by Crippen LogP contribution is -2.48. The second-order valence-corrected chi connectivity index (χ2v) is 6.25. The van der Waals surface area contributed by atoms with E-state index in [9.17, 15) is 0 Å². The van der Waals surface area contributed by atoms with E-state index < -0.39 is 0 Å². The molecule has 0 saturated heterocycles. The molecule has 2 aromatic rings. The van der Waals surface area contributed by atoms with Gasteiger partial charge in [0, 0.05) is 6.04 Å². The lowest BCUT2D eigenvalue weighted by Gasteiger charge is -2.44. The molecule has 110 valence electrons. The van der Waals surface area contributed by atoms with Crippen molar-refractivity contribution in [1.29, 1.82) is 0 Å². The predicted molar refractivity (Wildman–Crippen MR) is 90.5 cm³/mol. The van der Waals surface area contributed by atoms with E-state index in [2.05, 4.69) is 73.8 Å². The van der Waals surface area contributed by atoms with Crippen molar-refractivity contribution in [3.05, 3.63) is 60.2 Å². The minimum absolute atomic E-state index is 0.712. The summed E-state index contributed by atoms with van der Waals surface area (Å²) in [4.78, 5) is 0. The summed E-state index contributed by atoms with van der Waals surface area (Å²) in [5.41, 5.74) is 4.11. The Labute approximate surface area is 128 Å². The molecule has 0 radical (unpaired) electrons. The number of rotatable bonds is 5. The van der Waals surface area contributed by atoms with Gasteiger partial charge in [0.1, 0.15) is 0 Å². The van der Waals surface area contributed by atoms with Crippen molar-refractivity contribution in [2.24, 2.45) is 5.92 Å². The lowest BCUT2D eigenvalue weighted by molar-refractivity contribution is 0.185. The Morgan fingerprint density at radius 3 is 2.24 bits per heavy atom. The third-order valence-corrected chi connectivity index (χ3v) is 4.88. The fourth-order valence-electron chi connectivity index (χ4n) is 3.38. The fourth-order valence-corrected chi connectivity index (χ4v) is 3.38. The first kappa shape index (κ1) is 14.3. The maximum absolute atomic E-state index is 3.66. The first-order chi connectivity index (χ1) is 10.3. The van der Waals surface area contributed by atoms with E-state index in [0.29, 0.717) is 6.04 Å². The number of hydrogen-bond acceptors (Lipinski definition) is 1. The molecule has 1 nitrogen and oxygen atoms in total. The molecule has 1 heteroatoms. The Kier molecular flexibility index (Phi) is 4.40. The molecule has 0 heterocycles. The van der Waals surface area contributed by atoms with Gasteiger partial charge in [-0.05, 0) is 47.9 Å². The maximum atomic E-state index is 3.66. The van der Waals surface area contributed by atoms with Gasteiger partial charge in [-0.25, -0.2) is 0 Å². The molecule has 21 heavy (non-hydrogen) atoms. The molecule has 1 saturated carbocycles. The smallest absolute Gasteiger partial charge is 0.0104 e. The van der Waals surface area contributed by atoms with Gasteiger partial charge in [0.2, 0.25) is 0 Å². The van der Waals surface area contributed by atoms with Crippen LogP contribution in [0.3, 0.4) is 0 Å². The quantitative estimate of drug-likeness (QED) is 0.825. The summed E-state index contributed by atoms with van der Waals surface area (Å²) in [6.45, 7) is 5.76. The van der Waals surface area contributed by atoms with Crippen molar-refractivity contribution < 1.29 is 0 Å². The Morgan fingerprint density at radius 2 is 1.62 bits per heavy atom. The van der Waals surface area contributed by atoms with Crippen LogP contribution in [0.5, 0.6) is 0 Å². The highest BCUT2D eigenvalue weighted by Crippen LogP contribution is 2.42. The van der Waals surface area contributed by atoms with Gasteiger partial charge in [0.05, 0.1) is 0 Å². The molecule has 3 atom stereocenters. The molecule has 0 aromatic heterocycles. The SMILES string of the molecule is CCCNC1CC(c2ccc(-c3ccccc3)cc2)C1C. The summed E-state index contributed by atoms with van der Waals surface area (Å²) < 4.78 is 0. The van der Waals surface area contributed by atoms with Crippen LogP contribution in [0.15, 0.2) is 54.6 Å². The highest BCUT2D eigenvalue weighted by atomic mass is 14.9. The van der Waals surface area contributed by atoms with Gasteiger partial charge in [-0.2, -0.15) is 0 Å². The van der Waals surface area contributed by atoms with Gasteiger partial charge < -0.3 is 5.32 Å². The Balaban J connectivity index is 1.66. The first-order valence-electron chi connectivity index (χ1n) is 8.18. The molecule has 0 bridgehead atoms. The number of benzene rings is 2. The molecular formula is C20H25N. The monoisotopic (exact) mass is 279 g/mol. The normalized spacial score (nSPS) is 24.6. The second-order valence-electron chi connectivity index (χ2n) is 6.25. The van der Waals surface area contributed by atoms with Gasteiger partial charge >= 0.3 is 0 Å². The molecule has 1 aliphatic carbocycles. The Hall–Kier alpha value is -1.60. The molecular weight excluding hydrogens is 254 g/mol. The van der Waals surface area contributed by atoms with Gasteiger partial charge in [0.15, 0.2) is 0 Å². The predicted octanol–water partition coefficient (Wildman–Crippen LogP) is 4.85. The summed E-state index contributed by atoms with van der Waals surface area (Å²) in [6, 6.07) is 20.5. The van der Waals surface area contributed by atoms with E-state index in [1.54, 1.807) is 0 Å². The zero-order valence-electron chi connectivity index (χ0n) is 13.0. The highest BCUT2D eigenvalue weighted by molar-refractivity contribution is 5.63. The molecule has 0 amide bonds. The maximum Gasteiger partial charge on any atom is 0.0104 e. The van der Waals surface area contributed by atoms with Crippen molar-refractivity contribution in [3.8, 4) is 11.1 Å². The van der Waals surface area contributed by atoms with Crippen molar-refractivity contribution in [1.82, 2.24) is 5.32 Å². The average Bonchev–Trinajstić information content (AvgIpc) is 2.55. The van der Waals surface area contributed by atoms with Crippen LogP contribution in [0.1, 0.15) is 38.2 Å². The summed E-state index contributed by atoms with van der Waals surface area (Å²) >= 11 is 0. The molecule has 3 unspecified atom stereocenters. The summed E-state index contributed by atoms with van der Waals surface area (Å²) in [5, 5.41) is 3.66. The van der Waals surface area contributed by atoms with Crippen LogP contribution in [0.4, 0.5) is 0 Å². The third kappa shape index (κ3) is 3.03. The molecule has 2 aromatic carbocycles. The van der Waals surface area contributed by atoms with E-state index in [1.807, 2.05) is 0 Å². The minimum atomic E-state index is 0.712. The fraction of sp³-hybridized carbons (Fsp3) is 0.400. The van der Waals surface area contributed by atoms with Crippen LogP contribution >= 0.6 is 0 Å². The molecule has 0 aliphatic heterocycles. The molecule has 1 aliphatic rings. The standard InChI is InChI=1S/C20H25N/c1-3-13-21-20-14-19(15(20)2)18-11-9-17(10-12-18)16-7-5-4-6-8-16/h4-12,15,19-21H,3,13-14H2,1-2H3. The summed E-state index contributed by atoms with van der Waals surface area (Å²) in [6.07, 6.45) is 2.51. The van der Waals surface area contributed by atoms with Crippen molar-refractivity contribution in [3.63, 3.8) is 0 Å². The minimum Gasteiger partial charge on any atom is -0.314 e.